The topological polar surface area (TPSA) is 68.0 Å². The molecule has 2 aromatic rings. The summed E-state index contributed by atoms with van der Waals surface area (Å²) in [6.45, 7) is 0. The summed E-state index contributed by atoms with van der Waals surface area (Å²) in [5, 5.41) is 10.6. The average Bonchev–Trinajstić information content (AvgIpc) is 3.10. The number of carbonyl (C=O) groups is 1. The molecule has 0 aliphatic heterocycles. The third-order valence-electron chi connectivity index (χ3n) is 3.33. The van der Waals surface area contributed by atoms with Gasteiger partial charge in [-0.15, -0.1) is 10.2 Å². The summed E-state index contributed by atoms with van der Waals surface area (Å²) < 4.78 is 5.41. The molecule has 1 amide bonds. The molecule has 0 bridgehead atoms. The number of aromatic nitrogens is 2. The fourth-order valence-electron chi connectivity index (χ4n) is 2.33. The number of nitrogens with zero attached hydrogens (tertiary/aromatic N) is 2. The monoisotopic (exact) mass is 257 g/mol. The highest BCUT2D eigenvalue weighted by Gasteiger charge is 2.21. The van der Waals surface area contributed by atoms with Crippen molar-refractivity contribution in [1.82, 2.24) is 15.5 Å². The first-order valence-corrected chi connectivity index (χ1v) is 6.53. The molecular weight excluding hydrogens is 242 g/mol. The maximum absolute atomic E-state index is 11.9. The van der Waals surface area contributed by atoms with Gasteiger partial charge < -0.3 is 9.73 Å². The van der Waals surface area contributed by atoms with Crippen molar-refractivity contribution in [3.63, 3.8) is 0 Å². The van der Waals surface area contributed by atoms with Crippen molar-refractivity contribution in [2.24, 2.45) is 0 Å². The van der Waals surface area contributed by atoms with Crippen LogP contribution in [0.3, 0.4) is 0 Å². The van der Waals surface area contributed by atoms with Gasteiger partial charge in [0.1, 0.15) is 0 Å². The Hall–Kier alpha value is -2.17. The summed E-state index contributed by atoms with van der Waals surface area (Å²) in [4.78, 5) is 11.9. The van der Waals surface area contributed by atoms with E-state index < -0.39 is 0 Å². The van der Waals surface area contributed by atoms with Crippen LogP contribution >= 0.6 is 0 Å². The van der Waals surface area contributed by atoms with Crippen LogP contribution in [-0.4, -0.2) is 22.1 Å². The molecule has 0 radical (unpaired) electrons. The Kier molecular flexibility index (Phi) is 3.27. The van der Waals surface area contributed by atoms with Crippen molar-refractivity contribution < 1.29 is 9.21 Å². The summed E-state index contributed by atoms with van der Waals surface area (Å²) in [6.07, 6.45) is 4.41. The number of rotatable bonds is 3. The highest BCUT2D eigenvalue weighted by molar-refractivity contribution is 5.89. The van der Waals surface area contributed by atoms with E-state index in [4.69, 9.17) is 4.42 Å². The van der Waals surface area contributed by atoms with E-state index in [0.29, 0.717) is 5.89 Å². The minimum absolute atomic E-state index is 0.0331. The Morgan fingerprint density at radius 3 is 2.63 bits per heavy atom. The van der Waals surface area contributed by atoms with Crippen LogP contribution in [0.1, 0.15) is 36.4 Å². The van der Waals surface area contributed by atoms with Crippen molar-refractivity contribution in [3.05, 3.63) is 36.2 Å². The number of benzene rings is 1. The van der Waals surface area contributed by atoms with Crippen molar-refractivity contribution in [1.29, 1.82) is 0 Å². The molecular formula is C14H15N3O2. The second-order valence-electron chi connectivity index (χ2n) is 4.73. The van der Waals surface area contributed by atoms with Gasteiger partial charge in [0.25, 0.3) is 0 Å². The summed E-state index contributed by atoms with van der Waals surface area (Å²) in [6, 6.07) is 9.67. The molecule has 19 heavy (non-hydrogen) atoms. The summed E-state index contributed by atoms with van der Waals surface area (Å²) >= 11 is 0. The van der Waals surface area contributed by atoms with Crippen molar-refractivity contribution in [2.75, 3.05) is 0 Å². The molecule has 1 aliphatic carbocycles. The van der Waals surface area contributed by atoms with E-state index in [1.165, 1.54) is 12.8 Å². The molecule has 5 nitrogen and oxygen atoms in total. The van der Waals surface area contributed by atoms with Crippen LogP contribution < -0.4 is 5.32 Å². The maximum atomic E-state index is 11.9. The van der Waals surface area contributed by atoms with Crippen LogP contribution in [0.4, 0.5) is 0 Å². The first kappa shape index (κ1) is 11.9. The van der Waals surface area contributed by atoms with Gasteiger partial charge in [-0.2, -0.15) is 0 Å². The standard InChI is InChI=1S/C14H15N3O2/c18-12(15-11-8-4-5-9-11)14-17-16-13(19-14)10-6-2-1-3-7-10/h1-3,6-7,11H,4-5,8-9H2,(H,15,18). The maximum Gasteiger partial charge on any atom is 0.309 e. The third-order valence-corrected chi connectivity index (χ3v) is 3.33. The average molecular weight is 257 g/mol. The molecule has 0 unspecified atom stereocenters. The third kappa shape index (κ3) is 2.65. The molecule has 1 saturated carbocycles. The normalized spacial score (nSPS) is 15.6. The van der Waals surface area contributed by atoms with Crippen LogP contribution in [-0.2, 0) is 0 Å². The van der Waals surface area contributed by atoms with Gasteiger partial charge in [-0.05, 0) is 25.0 Å². The van der Waals surface area contributed by atoms with Crippen molar-refractivity contribution >= 4 is 5.91 Å². The molecule has 1 aromatic carbocycles. The van der Waals surface area contributed by atoms with Gasteiger partial charge in [-0.25, -0.2) is 0 Å². The zero-order valence-electron chi connectivity index (χ0n) is 10.5. The lowest BCUT2D eigenvalue weighted by molar-refractivity contribution is 0.0903. The smallest absolute Gasteiger partial charge is 0.309 e. The van der Waals surface area contributed by atoms with Gasteiger partial charge in [0.05, 0.1) is 0 Å². The fraction of sp³-hybridized carbons (Fsp3) is 0.357. The Morgan fingerprint density at radius 2 is 1.89 bits per heavy atom. The van der Waals surface area contributed by atoms with Gasteiger partial charge >= 0.3 is 11.8 Å². The van der Waals surface area contributed by atoms with Crippen LogP contribution in [0.15, 0.2) is 34.7 Å². The first-order valence-electron chi connectivity index (χ1n) is 6.53. The van der Waals surface area contributed by atoms with Crippen LogP contribution in [0.25, 0.3) is 11.5 Å². The van der Waals surface area contributed by atoms with E-state index in [0.717, 1.165) is 18.4 Å². The van der Waals surface area contributed by atoms with E-state index in [-0.39, 0.29) is 17.8 Å². The largest absolute Gasteiger partial charge is 0.412 e. The van der Waals surface area contributed by atoms with Crippen molar-refractivity contribution in [3.8, 4) is 11.5 Å². The Balaban J connectivity index is 1.72. The zero-order chi connectivity index (χ0) is 13.1. The summed E-state index contributed by atoms with van der Waals surface area (Å²) in [5.74, 6) is 0.129. The van der Waals surface area contributed by atoms with E-state index in [2.05, 4.69) is 15.5 Å². The summed E-state index contributed by atoms with van der Waals surface area (Å²) in [5.41, 5.74) is 0.815. The quantitative estimate of drug-likeness (QED) is 0.916. The Labute approximate surface area is 111 Å². The van der Waals surface area contributed by atoms with Gasteiger partial charge in [0, 0.05) is 11.6 Å². The molecule has 0 saturated heterocycles. The van der Waals surface area contributed by atoms with E-state index in [1.807, 2.05) is 30.3 Å². The van der Waals surface area contributed by atoms with Crippen LogP contribution in [0.2, 0.25) is 0 Å². The molecule has 0 spiro atoms. The molecule has 1 fully saturated rings. The van der Waals surface area contributed by atoms with Gasteiger partial charge in [-0.3, -0.25) is 4.79 Å². The predicted octanol–water partition coefficient (Wildman–Crippen LogP) is 2.41. The highest BCUT2D eigenvalue weighted by atomic mass is 16.4. The molecule has 5 heteroatoms. The summed E-state index contributed by atoms with van der Waals surface area (Å²) in [7, 11) is 0. The molecule has 1 aromatic heterocycles. The van der Waals surface area contributed by atoms with E-state index in [1.54, 1.807) is 0 Å². The van der Waals surface area contributed by atoms with E-state index in [9.17, 15) is 4.79 Å². The fourth-order valence-corrected chi connectivity index (χ4v) is 2.33. The molecule has 3 rings (SSSR count). The molecule has 1 heterocycles. The zero-order valence-corrected chi connectivity index (χ0v) is 10.5. The number of carbonyl (C=O) groups excluding carboxylic acids is 1. The SMILES string of the molecule is O=C(NC1CCCC1)c1nnc(-c2ccccc2)o1. The van der Waals surface area contributed by atoms with Crippen molar-refractivity contribution in [2.45, 2.75) is 31.7 Å². The molecule has 0 atom stereocenters. The lowest BCUT2D eigenvalue weighted by Gasteiger charge is -2.08. The lowest BCUT2D eigenvalue weighted by Crippen LogP contribution is -2.32. The second-order valence-corrected chi connectivity index (χ2v) is 4.73. The van der Waals surface area contributed by atoms with Gasteiger partial charge in [0.15, 0.2) is 0 Å². The number of hydrogen-bond acceptors (Lipinski definition) is 4. The van der Waals surface area contributed by atoms with Crippen LogP contribution in [0, 0.1) is 0 Å². The lowest BCUT2D eigenvalue weighted by atomic mass is 10.2. The van der Waals surface area contributed by atoms with Crippen LogP contribution in [0.5, 0.6) is 0 Å². The van der Waals surface area contributed by atoms with Gasteiger partial charge in [-0.1, -0.05) is 31.0 Å². The predicted molar refractivity (Wildman–Crippen MR) is 69.5 cm³/mol. The second kappa shape index (κ2) is 5.22. The number of hydrogen-bond donors (Lipinski definition) is 1. The molecule has 1 aliphatic rings. The molecule has 98 valence electrons. The minimum Gasteiger partial charge on any atom is -0.412 e. The molecule has 1 N–H and O–H groups in total. The number of nitrogens with one attached hydrogen (secondary N) is 1. The first-order chi connectivity index (χ1) is 9.33. The number of amides is 1. The minimum atomic E-state index is -0.276. The van der Waals surface area contributed by atoms with E-state index >= 15 is 0 Å². The van der Waals surface area contributed by atoms with Gasteiger partial charge in [0.2, 0.25) is 5.89 Å². The highest BCUT2D eigenvalue weighted by Crippen LogP contribution is 2.19. The Bertz CT molecular complexity index is 559. The Morgan fingerprint density at radius 1 is 1.16 bits per heavy atom.